The highest BCUT2D eigenvalue weighted by Crippen LogP contribution is 2.16. The summed E-state index contributed by atoms with van der Waals surface area (Å²) in [5.74, 6) is -0.476. The van der Waals surface area contributed by atoms with Crippen LogP contribution in [0, 0.1) is 5.82 Å². The van der Waals surface area contributed by atoms with Crippen LogP contribution in [0.15, 0.2) is 24.3 Å². The normalized spacial score (nSPS) is 23.2. The van der Waals surface area contributed by atoms with Gasteiger partial charge in [-0.25, -0.2) is 9.18 Å². The molecule has 104 valence electrons. The molecule has 1 aromatic carbocycles. The Hall–Kier alpha value is -1.66. The van der Waals surface area contributed by atoms with Gasteiger partial charge in [0, 0.05) is 0 Å². The van der Waals surface area contributed by atoms with Crippen LogP contribution in [-0.4, -0.2) is 47.9 Å². The van der Waals surface area contributed by atoms with E-state index >= 15 is 0 Å². The van der Waals surface area contributed by atoms with E-state index in [0.717, 1.165) is 0 Å². The predicted molar refractivity (Wildman–Crippen MR) is 68.4 cm³/mol. The van der Waals surface area contributed by atoms with Crippen LogP contribution in [-0.2, 0) is 4.74 Å². The summed E-state index contributed by atoms with van der Waals surface area (Å²) in [6.45, 7) is 2.35. The van der Waals surface area contributed by atoms with Gasteiger partial charge in [-0.1, -0.05) is 12.1 Å². The van der Waals surface area contributed by atoms with Crippen LogP contribution in [0.25, 0.3) is 0 Å². The molecule has 2 unspecified atom stereocenters. The van der Waals surface area contributed by atoms with Gasteiger partial charge in [-0.2, -0.15) is 0 Å². The highest BCUT2D eigenvalue weighted by Gasteiger charge is 2.29. The first kappa shape index (κ1) is 13.8. The quantitative estimate of drug-likeness (QED) is 0.853. The van der Waals surface area contributed by atoms with Crippen LogP contribution in [0.2, 0.25) is 0 Å². The number of benzene rings is 1. The molecular formula is C13H17FN2O3. The van der Waals surface area contributed by atoms with Crippen molar-refractivity contribution in [3.05, 3.63) is 30.1 Å². The van der Waals surface area contributed by atoms with E-state index in [0.29, 0.717) is 6.61 Å². The summed E-state index contributed by atoms with van der Waals surface area (Å²) in [6.07, 6.45) is -0.387. The number of hydrogen-bond acceptors (Lipinski definition) is 3. The molecule has 1 aliphatic heterocycles. The fourth-order valence-electron chi connectivity index (χ4n) is 1.96. The summed E-state index contributed by atoms with van der Waals surface area (Å²) in [6, 6.07) is 5.49. The van der Waals surface area contributed by atoms with E-state index in [-0.39, 0.29) is 37.0 Å². The maximum Gasteiger partial charge on any atom is 0.322 e. The van der Waals surface area contributed by atoms with Gasteiger partial charge in [0.1, 0.15) is 5.82 Å². The Kier molecular flexibility index (Phi) is 4.34. The Bertz CT molecular complexity index is 455. The van der Waals surface area contributed by atoms with Gasteiger partial charge < -0.3 is 20.1 Å². The van der Waals surface area contributed by atoms with E-state index in [1.165, 1.54) is 17.0 Å². The molecule has 2 rings (SSSR count). The molecule has 2 atom stereocenters. The average Bonchev–Trinajstić information content (AvgIpc) is 2.42. The molecule has 1 aliphatic rings. The molecule has 5 nitrogen and oxygen atoms in total. The Balaban J connectivity index is 2.04. The molecule has 2 N–H and O–H groups in total. The van der Waals surface area contributed by atoms with Gasteiger partial charge >= 0.3 is 6.03 Å². The number of nitrogens with one attached hydrogen (secondary N) is 1. The highest BCUT2D eigenvalue weighted by molar-refractivity contribution is 5.89. The third kappa shape index (κ3) is 3.21. The Morgan fingerprint density at radius 1 is 1.58 bits per heavy atom. The van der Waals surface area contributed by atoms with E-state index in [1.54, 1.807) is 12.1 Å². The fourth-order valence-corrected chi connectivity index (χ4v) is 1.96. The predicted octanol–water partition coefficient (Wildman–Crippen LogP) is 1.44. The molecule has 0 spiro atoms. The van der Waals surface area contributed by atoms with Crippen molar-refractivity contribution in [2.45, 2.75) is 19.1 Å². The number of ether oxygens (including phenoxy) is 1. The van der Waals surface area contributed by atoms with Crippen LogP contribution < -0.4 is 5.32 Å². The van der Waals surface area contributed by atoms with E-state index in [9.17, 15) is 9.18 Å². The van der Waals surface area contributed by atoms with Gasteiger partial charge in [0.15, 0.2) is 0 Å². The second-order valence-electron chi connectivity index (χ2n) is 4.55. The van der Waals surface area contributed by atoms with E-state index < -0.39 is 5.82 Å². The lowest BCUT2D eigenvalue weighted by molar-refractivity contribution is -0.0612. The molecule has 2 amide bonds. The average molecular weight is 268 g/mol. The number of rotatable bonds is 2. The lowest BCUT2D eigenvalue weighted by Gasteiger charge is -2.37. The number of amides is 2. The summed E-state index contributed by atoms with van der Waals surface area (Å²) in [4.78, 5) is 13.6. The molecule has 19 heavy (non-hydrogen) atoms. The molecule has 0 aromatic heterocycles. The smallest absolute Gasteiger partial charge is 0.322 e. The molecule has 1 saturated heterocycles. The Morgan fingerprint density at radius 3 is 3.00 bits per heavy atom. The standard InChI is InChI=1S/C13H17FN2O3/c1-9-8-19-10(7-17)6-16(9)13(18)15-12-5-3-2-4-11(12)14/h2-5,9-10,17H,6-8H2,1H3,(H,15,18). The minimum atomic E-state index is -0.476. The first-order valence-electron chi connectivity index (χ1n) is 6.16. The van der Waals surface area contributed by atoms with Crippen molar-refractivity contribution in [1.82, 2.24) is 4.90 Å². The van der Waals surface area contributed by atoms with E-state index in [2.05, 4.69) is 5.32 Å². The van der Waals surface area contributed by atoms with Crippen molar-refractivity contribution in [3.8, 4) is 0 Å². The molecule has 0 aliphatic carbocycles. The van der Waals surface area contributed by atoms with Gasteiger partial charge in [0.25, 0.3) is 0 Å². The van der Waals surface area contributed by atoms with Crippen LogP contribution in [0.1, 0.15) is 6.92 Å². The monoisotopic (exact) mass is 268 g/mol. The third-order valence-corrected chi connectivity index (χ3v) is 3.09. The second-order valence-corrected chi connectivity index (χ2v) is 4.55. The van der Waals surface area contributed by atoms with Crippen molar-refractivity contribution in [2.24, 2.45) is 0 Å². The number of halogens is 1. The summed E-state index contributed by atoms with van der Waals surface area (Å²) in [5, 5.41) is 11.6. The van der Waals surface area contributed by atoms with Crippen LogP contribution >= 0.6 is 0 Å². The SMILES string of the molecule is CC1COC(CO)CN1C(=O)Nc1ccccc1F. The van der Waals surface area contributed by atoms with Crippen molar-refractivity contribution >= 4 is 11.7 Å². The number of anilines is 1. The number of aliphatic hydroxyl groups is 1. The maximum atomic E-state index is 13.5. The van der Waals surface area contributed by atoms with Crippen molar-refractivity contribution in [2.75, 3.05) is 25.1 Å². The highest BCUT2D eigenvalue weighted by atomic mass is 19.1. The zero-order valence-corrected chi connectivity index (χ0v) is 10.7. The van der Waals surface area contributed by atoms with Gasteiger partial charge in [-0.05, 0) is 19.1 Å². The summed E-state index contributed by atoms with van der Waals surface area (Å²) in [7, 11) is 0. The number of para-hydroxylation sites is 1. The lowest BCUT2D eigenvalue weighted by Crippen LogP contribution is -2.53. The van der Waals surface area contributed by atoms with Crippen molar-refractivity contribution in [3.63, 3.8) is 0 Å². The maximum absolute atomic E-state index is 13.5. The van der Waals surface area contributed by atoms with Gasteiger partial charge in [-0.3, -0.25) is 0 Å². The van der Waals surface area contributed by atoms with Crippen LogP contribution in [0.4, 0.5) is 14.9 Å². The van der Waals surface area contributed by atoms with E-state index in [4.69, 9.17) is 9.84 Å². The summed E-state index contributed by atoms with van der Waals surface area (Å²) in [5.41, 5.74) is 0.145. The van der Waals surface area contributed by atoms with Gasteiger partial charge in [-0.15, -0.1) is 0 Å². The Morgan fingerprint density at radius 2 is 2.32 bits per heavy atom. The van der Waals surface area contributed by atoms with Crippen LogP contribution in [0.3, 0.4) is 0 Å². The van der Waals surface area contributed by atoms with Crippen molar-refractivity contribution in [1.29, 1.82) is 0 Å². The largest absolute Gasteiger partial charge is 0.394 e. The Labute approximate surface area is 111 Å². The molecule has 0 bridgehead atoms. The lowest BCUT2D eigenvalue weighted by atomic mass is 10.2. The number of urea groups is 1. The van der Waals surface area contributed by atoms with E-state index in [1.807, 2.05) is 6.92 Å². The van der Waals surface area contributed by atoms with Crippen LogP contribution in [0.5, 0.6) is 0 Å². The van der Waals surface area contributed by atoms with Gasteiger partial charge in [0.05, 0.1) is 37.6 Å². The number of carbonyl (C=O) groups is 1. The van der Waals surface area contributed by atoms with Gasteiger partial charge in [0.2, 0.25) is 0 Å². The number of aliphatic hydroxyl groups excluding tert-OH is 1. The zero-order valence-electron chi connectivity index (χ0n) is 10.7. The minimum absolute atomic E-state index is 0.116. The number of hydrogen-bond donors (Lipinski definition) is 2. The number of morpholine rings is 1. The first-order valence-corrected chi connectivity index (χ1v) is 6.16. The molecule has 1 heterocycles. The second kappa shape index (κ2) is 5.99. The first-order chi connectivity index (χ1) is 9.11. The third-order valence-electron chi connectivity index (χ3n) is 3.09. The molecular weight excluding hydrogens is 251 g/mol. The number of nitrogens with zero attached hydrogens (tertiary/aromatic N) is 1. The molecule has 0 radical (unpaired) electrons. The molecule has 1 fully saturated rings. The topological polar surface area (TPSA) is 61.8 Å². The molecule has 6 heteroatoms. The minimum Gasteiger partial charge on any atom is -0.394 e. The molecule has 1 aromatic rings. The van der Waals surface area contributed by atoms with Crippen molar-refractivity contribution < 1.29 is 19.0 Å². The molecule has 0 saturated carbocycles. The summed E-state index contributed by atoms with van der Waals surface area (Å²) >= 11 is 0. The fraction of sp³-hybridized carbons (Fsp3) is 0.462. The zero-order chi connectivity index (χ0) is 13.8. The summed E-state index contributed by atoms with van der Waals surface area (Å²) < 4.78 is 18.8. The number of carbonyl (C=O) groups excluding carboxylic acids is 1.